The number of hydrogen-bond donors (Lipinski definition) is 1. The van der Waals surface area contributed by atoms with Crippen molar-refractivity contribution in [2.24, 2.45) is 0 Å². The maximum Gasteiger partial charge on any atom is 0.417 e. The van der Waals surface area contributed by atoms with Gasteiger partial charge in [0.2, 0.25) is 11.9 Å². The monoisotopic (exact) mass is 535 g/mol. The molecular formula is C30H33NO8. The molecule has 1 aliphatic heterocycles. The van der Waals surface area contributed by atoms with Crippen molar-refractivity contribution >= 4 is 17.8 Å². The van der Waals surface area contributed by atoms with E-state index in [-0.39, 0.29) is 25.6 Å². The maximum atomic E-state index is 13.6. The van der Waals surface area contributed by atoms with E-state index < -0.39 is 29.9 Å². The first-order valence-electron chi connectivity index (χ1n) is 12.9. The highest BCUT2D eigenvalue weighted by Crippen LogP contribution is 2.30. The number of aryl methyl sites for hydroxylation is 2. The number of cyclic esters (lactones) is 1. The first-order chi connectivity index (χ1) is 18.9. The average molecular weight is 536 g/mol. The number of carbonyl (C=O) groups is 3. The Balaban J connectivity index is 1.57. The number of amides is 2. The molecule has 1 aromatic heterocycles. The predicted molar refractivity (Wildman–Crippen MR) is 142 cm³/mol. The van der Waals surface area contributed by atoms with Crippen molar-refractivity contribution in [3.63, 3.8) is 0 Å². The first-order valence-corrected chi connectivity index (χ1v) is 12.9. The number of nitrogens with zero attached hydrogens (tertiary/aromatic N) is 1. The van der Waals surface area contributed by atoms with Crippen molar-refractivity contribution in [2.75, 3.05) is 33.5 Å². The number of carbonyl (C=O) groups excluding carboxylic acids is 3. The van der Waals surface area contributed by atoms with E-state index in [1.165, 1.54) is 7.11 Å². The molecular weight excluding hydrogens is 502 g/mol. The van der Waals surface area contributed by atoms with Gasteiger partial charge in [0.25, 0.3) is 5.91 Å². The number of ether oxygens (including phenoxy) is 3. The third-order valence-electron chi connectivity index (χ3n) is 6.52. The normalized spacial score (nSPS) is 15.8. The molecule has 39 heavy (non-hydrogen) atoms. The molecule has 1 aliphatic rings. The van der Waals surface area contributed by atoms with E-state index >= 15 is 0 Å². The lowest BCUT2D eigenvalue weighted by atomic mass is 10.0. The van der Waals surface area contributed by atoms with Crippen molar-refractivity contribution in [1.82, 2.24) is 4.90 Å². The van der Waals surface area contributed by atoms with Crippen molar-refractivity contribution in [1.29, 1.82) is 0 Å². The molecule has 0 aliphatic carbocycles. The molecule has 2 aromatic carbocycles. The minimum absolute atomic E-state index is 0.0326. The lowest BCUT2D eigenvalue weighted by Crippen LogP contribution is -2.48. The van der Waals surface area contributed by atoms with Gasteiger partial charge in [0.05, 0.1) is 19.3 Å². The van der Waals surface area contributed by atoms with Crippen LogP contribution in [0.4, 0.5) is 4.79 Å². The standard InChI is InChI=1S/C30H33NO8/c1-20-8-6-11-22(16-20)24-18-26(39-25(24)12-7-14-37-15-13-32)27(33)28(36-2)29(34)31-23(19-38-30(31)35)17-21-9-4-3-5-10-21/h3-6,8-11,16,18,23,28,32H,7,12-15,17,19H2,1-2H3/t23-,28-/m0/s1. The van der Waals surface area contributed by atoms with Crippen LogP contribution in [0.25, 0.3) is 11.1 Å². The topological polar surface area (TPSA) is 116 Å². The lowest BCUT2D eigenvalue weighted by molar-refractivity contribution is -0.137. The number of Topliss-reactive ketones (excluding diaryl/α,β-unsaturated/α-hetero) is 1. The second-order valence-electron chi connectivity index (χ2n) is 9.37. The number of furan rings is 1. The van der Waals surface area contributed by atoms with Crippen molar-refractivity contribution in [3.05, 3.63) is 83.3 Å². The molecule has 206 valence electrons. The van der Waals surface area contributed by atoms with Crippen molar-refractivity contribution in [3.8, 4) is 11.1 Å². The molecule has 0 bridgehead atoms. The van der Waals surface area contributed by atoms with Gasteiger partial charge in [-0.1, -0.05) is 60.2 Å². The molecule has 2 amide bonds. The molecule has 9 nitrogen and oxygen atoms in total. The number of aliphatic hydroxyl groups excluding tert-OH is 1. The first kappa shape index (κ1) is 28.2. The van der Waals surface area contributed by atoms with Crippen LogP contribution in [0.3, 0.4) is 0 Å². The van der Waals surface area contributed by atoms with E-state index in [2.05, 4.69) is 0 Å². The van der Waals surface area contributed by atoms with Crippen LogP contribution in [0, 0.1) is 6.92 Å². The molecule has 1 fully saturated rings. The van der Waals surface area contributed by atoms with E-state index in [4.69, 9.17) is 23.7 Å². The largest absolute Gasteiger partial charge is 0.457 e. The van der Waals surface area contributed by atoms with Crippen LogP contribution in [0.15, 0.2) is 65.1 Å². The second kappa shape index (κ2) is 13.3. The molecule has 3 aromatic rings. The zero-order chi connectivity index (χ0) is 27.8. The van der Waals surface area contributed by atoms with Gasteiger partial charge >= 0.3 is 6.09 Å². The second-order valence-corrected chi connectivity index (χ2v) is 9.37. The summed E-state index contributed by atoms with van der Waals surface area (Å²) in [6.07, 6.45) is -0.909. The Morgan fingerprint density at radius 2 is 1.90 bits per heavy atom. The zero-order valence-electron chi connectivity index (χ0n) is 22.1. The summed E-state index contributed by atoms with van der Waals surface area (Å²) in [5.74, 6) is -0.942. The van der Waals surface area contributed by atoms with Crippen LogP contribution < -0.4 is 0 Å². The lowest BCUT2D eigenvalue weighted by Gasteiger charge is -2.23. The summed E-state index contributed by atoms with van der Waals surface area (Å²) in [5, 5.41) is 8.92. The fraction of sp³-hybridized carbons (Fsp3) is 0.367. The summed E-state index contributed by atoms with van der Waals surface area (Å²) in [6, 6.07) is 18.3. The van der Waals surface area contributed by atoms with E-state index in [1.54, 1.807) is 6.07 Å². The van der Waals surface area contributed by atoms with Gasteiger partial charge < -0.3 is 23.7 Å². The van der Waals surface area contributed by atoms with E-state index in [1.807, 2.05) is 61.5 Å². The quantitative estimate of drug-likeness (QED) is 0.199. The minimum Gasteiger partial charge on any atom is -0.457 e. The van der Waals surface area contributed by atoms with Gasteiger partial charge in [0.15, 0.2) is 5.76 Å². The molecule has 0 spiro atoms. The Morgan fingerprint density at radius 1 is 1.10 bits per heavy atom. The third-order valence-corrected chi connectivity index (χ3v) is 6.52. The summed E-state index contributed by atoms with van der Waals surface area (Å²) in [4.78, 5) is 40.5. The van der Waals surface area contributed by atoms with Gasteiger partial charge in [0, 0.05) is 25.7 Å². The minimum atomic E-state index is -1.58. The fourth-order valence-corrected chi connectivity index (χ4v) is 4.64. The molecule has 0 radical (unpaired) electrons. The van der Waals surface area contributed by atoms with Crippen molar-refractivity contribution < 1.29 is 38.1 Å². The van der Waals surface area contributed by atoms with Gasteiger partial charge in [-0.2, -0.15) is 0 Å². The fourth-order valence-electron chi connectivity index (χ4n) is 4.64. The Hall–Kier alpha value is -3.79. The summed E-state index contributed by atoms with van der Waals surface area (Å²) >= 11 is 0. The molecule has 2 atom stereocenters. The molecule has 9 heteroatoms. The maximum absolute atomic E-state index is 13.6. The summed E-state index contributed by atoms with van der Waals surface area (Å²) in [7, 11) is 1.25. The van der Waals surface area contributed by atoms with Gasteiger partial charge in [-0.3, -0.25) is 9.59 Å². The predicted octanol–water partition coefficient (Wildman–Crippen LogP) is 3.98. The summed E-state index contributed by atoms with van der Waals surface area (Å²) < 4.78 is 21.9. The number of ketones is 1. The Kier molecular flexibility index (Phi) is 9.64. The Morgan fingerprint density at radius 3 is 2.62 bits per heavy atom. The van der Waals surface area contributed by atoms with Gasteiger partial charge in [0.1, 0.15) is 12.4 Å². The smallest absolute Gasteiger partial charge is 0.417 e. The van der Waals surface area contributed by atoms with E-state index in [9.17, 15) is 14.4 Å². The molecule has 1 saturated heterocycles. The molecule has 2 heterocycles. The highest BCUT2D eigenvalue weighted by Gasteiger charge is 2.44. The molecule has 1 N–H and O–H groups in total. The number of aliphatic hydroxyl groups is 1. The average Bonchev–Trinajstić information content (AvgIpc) is 3.53. The molecule has 0 unspecified atom stereocenters. The van der Waals surface area contributed by atoms with Gasteiger partial charge in [-0.05, 0) is 37.0 Å². The number of methoxy groups -OCH3 is 1. The third kappa shape index (κ3) is 6.81. The highest BCUT2D eigenvalue weighted by molar-refractivity contribution is 6.14. The zero-order valence-corrected chi connectivity index (χ0v) is 22.1. The van der Waals surface area contributed by atoms with E-state index in [0.717, 1.165) is 27.2 Å². The van der Waals surface area contributed by atoms with Crippen LogP contribution in [-0.2, 0) is 31.8 Å². The number of benzene rings is 2. The SMILES string of the molecule is CO[C@@H](C(=O)c1cc(-c2cccc(C)c2)c(CCCOCCO)o1)C(=O)N1C(=O)OC[C@@H]1Cc1ccccc1. The van der Waals surface area contributed by atoms with Crippen LogP contribution in [0.5, 0.6) is 0 Å². The van der Waals surface area contributed by atoms with Gasteiger partial charge in [-0.25, -0.2) is 9.69 Å². The van der Waals surface area contributed by atoms with Crippen LogP contribution in [0.2, 0.25) is 0 Å². The van der Waals surface area contributed by atoms with Crippen LogP contribution in [-0.4, -0.2) is 73.5 Å². The molecule has 0 saturated carbocycles. The number of imide groups is 1. The summed E-state index contributed by atoms with van der Waals surface area (Å²) in [5.41, 5.74) is 3.57. The summed E-state index contributed by atoms with van der Waals surface area (Å²) in [6.45, 7) is 2.60. The number of hydrogen-bond acceptors (Lipinski definition) is 8. The van der Waals surface area contributed by atoms with Crippen LogP contribution in [0.1, 0.15) is 33.9 Å². The molecule has 4 rings (SSSR count). The number of rotatable bonds is 13. The Labute approximate surface area is 227 Å². The highest BCUT2D eigenvalue weighted by atomic mass is 16.6. The Bertz CT molecular complexity index is 1290. The van der Waals surface area contributed by atoms with Gasteiger partial charge in [-0.15, -0.1) is 0 Å². The van der Waals surface area contributed by atoms with Crippen molar-refractivity contribution in [2.45, 2.75) is 38.3 Å². The van der Waals surface area contributed by atoms with E-state index in [0.29, 0.717) is 31.6 Å². The van der Waals surface area contributed by atoms with Crippen LogP contribution >= 0.6 is 0 Å².